The molecular weight excluding hydrogens is 336 g/mol. The van der Waals surface area contributed by atoms with Gasteiger partial charge in [0.1, 0.15) is 0 Å². The van der Waals surface area contributed by atoms with Crippen molar-refractivity contribution >= 4 is 16.6 Å². The zero-order valence-electron chi connectivity index (χ0n) is 15.9. The van der Waals surface area contributed by atoms with E-state index in [4.69, 9.17) is 4.74 Å². The van der Waals surface area contributed by atoms with Crippen LogP contribution in [0.3, 0.4) is 0 Å². The second-order valence-corrected chi connectivity index (χ2v) is 7.78. The van der Waals surface area contributed by atoms with Crippen LogP contribution in [0.25, 0.3) is 10.9 Å². The number of anilines is 1. The molecule has 1 aromatic heterocycles. The summed E-state index contributed by atoms with van der Waals surface area (Å²) in [5.41, 5.74) is 2.22. The fourth-order valence-electron chi connectivity index (χ4n) is 4.39. The van der Waals surface area contributed by atoms with Crippen LogP contribution in [-0.2, 0) is 4.74 Å². The molecule has 2 fully saturated rings. The fourth-order valence-corrected chi connectivity index (χ4v) is 4.39. The lowest BCUT2D eigenvalue weighted by Crippen LogP contribution is -2.46. The smallest absolute Gasteiger partial charge is 0.0722 e. The first-order chi connectivity index (χ1) is 13.3. The van der Waals surface area contributed by atoms with Crippen molar-refractivity contribution < 1.29 is 4.74 Å². The van der Waals surface area contributed by atoms with Gasteiger partial charge in [0.15, 0.2) is 0 Å². The Balaban J connectivity index is 1.30. The van der Waals surface area contributed by atoms with E-state index in [1.807, 2.05) is 12.3 Å². The van der Waals surface area contributed by atoms with Gasteiger partial charge in [-0.2, -0.15) is 5.26 Å². The molecule has 0 saturated carbocycles. The van der Waals surface area contributed by atoms with Crippen LogP contribution in [0.2, 0.25) is 0 Å². The minimum Gasteiger partial charge on any atom is -0.381 e. The maximum absolute atomic E-state index is 9.59. The molecule has 2 aliphatic heterocycles. The van der Waals surface area contributed by atoms with Crippen LogP contribution in [0.1, 0.15) is 25.7 Å². The van der Waals surface area contributed by atoms with E-state index in [-0.39, 0.29) is 5.41 Å². The Morgan fingerprint density at radius 2 is 1.85 bits per heavy atom. The highest BCUT2D eigenvalue weighted by molar-refractivity contribution is 5.91. The first kappa shape index (κ1) is 18.2. The molecule has 0 amide bonds. The number of rotatable bonds is 5. The van der Waals surface area contributed by atoms with E-state index in [1.54, 1.807) is 0 Å². The summed E-state index contributed by atoms with van der Waals surface area (Å²) in [6, 6.07) is 13.1. The average Bonchev–Trinajstić information content (AvgIpc) is 2.74. The molecule has 2 saturated heterocycles. The fraction of sp³-hybridized carbons (Fsp3) is 0.545. The Kier molecular flexibility index (Phi) is 5.56. The Morgan fingerprint density at radius 1 is 1.07 bits per heavy atom. The number of aromatic nitrogens is 1. The monoisotopic (exact) mass is 364 g/mol. The minimum atomic E-state index is -0.143. The number of hydrogen-bond donors (Lipinski definition) is 0. The highest BCUT2D eigenvalue weighted by Gasteiger charge is 2.32. The first-order valence-electron chi connectivity index (χ1n) is 10.1. The molecule has 142 valence electrons. The molecule has 0 N–H and O–H groups in total. The van der Waals surface area contributed by atoms with Crippen LogP contribution < -0.4 is 4.90 Å². The van der Waals surface area contributed by atoms with Gasteiger partial charge in [0.05, 0.1) is 17.0 Å². The van der Waals surface area contributed by atoms with Gasteiger partial charge in [-0.1, -0.05) is 18.2 Å². The van der Waals surface area contributed by atoms with E-state index < -0.39 is 0 Å². The molecule has 5 heteroatoms. The molecule has 0 spiro atoms. The minimum absolute atomic E-state index is 0.143. The Hall–Kier alpha value is -2.16. The maximum atomic E-state index is 9.59. The number of fused-ring (bicyclic) bond motifs is 1. The summed E-state index contributed by atoms with van der Waals surface area (Å²) in [4.78, 5) is 9.51. The molecule has 5 nitrogen and oxygen atoms in total. The van der Waals surface area contributed by atoms with Gasteiger partial charge >= 0.3 is 0 Å². The van der Waals surface area contributed by atoms with Gasteiger partial charge in [-0.25, -0.2) is 0 Å². The molecule has 4 rings (SSSR count). The number of para-hydroxylation sites is 1. The highest BCUT2D eigenvalue weighted by Crippen LogP contribution is 2.34. The van der Waals surface area contributed by atoms with Crippen molar-refractivity contribution in [2.24, 2.45) is 5.41 Å². The standard InChI is InChI=1S/C22H28N4O/c23-18-22(8-16-27-17-9-22)7-3-11-25-12-14-26(15-13-25)21-6-10-24-20-5-2-1-4-19(20)21/h1-2,4-6,10H,3,7-9,11-17H2. The maximum Gasteiger partial charge on any atom is 0.0722 e. The van der Waals surface area contributed by atoms with Crippen LogP contribution >= 0.6 is 0 Å². The molecule has 2 aromatic rings. The van der Waals surface area contributed by atoms with Crippen molar-refractivity contribution in [3.8, 4) is 6.07 Å². The Bertz CT molecular complexity index is 796. The van der Waals surface area contributed by atoms with Gasteiger partial charge in [0.2, 0.25) is 0 Å². The molecule has 0 atom stereocenters. The molecule has 3 heterocycles. The quantitative estimate of drug-likeness (QED) is 0.813. The molecule has 0 radical (unpaired) electrons. The van der Waals surface area contributed by atoms with E-state index in [0.717, 1.165) is 77.1 Å². The van der Waals surface area contributed by atoms with Crippen LogP contribution in [-0.4, -0.2) is 55.8 Å². The highest BCUT2D eigenvalue weighted by atomic mass is 16.5. The Labute approximate surface area is 161 Å². The topological polar surface area (TPSA) is 52.4 Å². The summed E-state index contributed by atoms with van der Waals surface area (Å²) in [6.45, 7) is 6.84. The molecule has 0 bridgehead atoms. The predicted octanol–water partition coefficient (Wildman–Crippen LogP) is 3.46. The van der Waals surface area contributed by atoms with Crippen LogP contribution in [0.15, 0.2) is 36.5 Å². The lowest BCUT2D eigenvalue weighted by atomic mass is 9.78. The summed E-state index contributed by atoms with van der Waals surface area (Å²) in [7, 11) is 0. The van der Waals surface area contributed by atoms with Crippen molar-refractivity contribution in [2.45, 2.75) is 25.7 Å². The average molecular weight is 364 g/mol. The zero-order valence-corrected chi connectivity index (χ0v) is 15.9. The zero-order chi connectivity index (χ0) is 18.5. The third-order valence-corrected chi connectivity index (χ3v) is 6.16. The second-order valence-electron chi connectivity index (χ2n) is 7.78. The van der Waals surface area contributed by atoms with Crippen LogP contribution in [0.4, 0.5) is 5.69 Å². The first-order valence-corrected chi connectivity index (χ1v) is 10.1. The van der Waals surface area contributed by atoms with Crippen molar-refractivity contribution in [3.63, 3.8) is 0 Å². The Morgan fingerprint density at radius 3 is 2.63 bits per heavy atom. The summed E-state index contributed by atoms with van der Waals surface area (Å²) in [5, 5.41) is 10.8. The molecular formula is C22H28N4O. The van der Waals surface area contributed by atoms with Crippen LogP contribution in [0, 0.1) is 16.7 Å². The summed E-state index contributed by atoms with van der Waals surface area (Å²) in [5.74, 6) is 0. The number of piperazine rings is 1. The van der Waals surface area contributed by atoms with Gasteiger partial charge in [-0.3, -0.25) is 9.88 Å². The van der Waals surface area contributed by atoms with E-state index in [0.29, 0.717) is 0 Å². The largest absolute Gasteiger partial charge is 0.381 e. The van der Waals surface area contributed by atoms with Gasteiger partial charge < -0.3 is 9.64 Å². The number of nitriles is 1. The van der Waals surface area contributed by atoms with Crippen molar-refractivity contribution in [2.75, 3.05) is 50.8 Å². The third-order valence-electron chi connectivity index (χ3n) is 6.16. The van der Waals surface area contributed by atoms with Crippen molar-refractivity contribution in [1.82, 2.24) is 9.88 Å². The van der Waals surface area contributed by atoms with Gasteiger partial charge in [-0.05, 0) is 44.4 Å². The molecule has 0 aliphatic carbocycles. The number of benzene rings is 1. The number of pyridine rings is 1. The number of ether oxygens (including phenoxy) is 1. The summed E-state index contributed by atoms with van der Waals surface area (Å²) in [6.07, 6.45) is 5.81. The molecule has 0 unspecified atom stereocenters. The predicted molar refractivity (Wildman–Crippen MR) is 108 cm³/mol. The van der Waals surface area contributed by atoms with E-state index >= 15 is 0 Å². The third kappa shape index (κ3) is 4.07. The number of nitrogens with zero attached hydrogens (tertiary/aromatic N) is 4. The second kappa shape index (κ2) is 8.24. The van der Waals surface area contributed by atoms with E-state index in [1.165, 1.54) is 11.1 Å². The van der Waals surface area contributed by atoms with E-state index in [9.17, 15) is 5.26 Å². The lowest BCUT2D eigenvalue weighted by molar-refractivity contribution is 0.0349. The van der Waals surface area contributed by atoms with Gasteiger partial charge in [-0.15, -0.1) is 0 Å². The molecule has 1 aromatic carbocycles. The van der Waals surface area contributed by atoms with E-state index in [2.05, 4.69) is 45.1 Å². The lowest BCUT2D eigenvalue weighted by Gasteiger charge is -2.37. The van der Waals surface area contributed by atoms with Gasteiger partial charge in [0, 0.05) is 56.7 Å². The van der Waals surface area contributed by atoms with Crippen molar-refractivity contribution in [1.29, 1.82) is 5.26 Å². The summed E-state index contributed by atoms with van der Waals surface area (Å²) < 4.78 is 5.44. The van der Waals surface area contributed by atoms with Gasteiger partial charge in [0.25, 0.3) is 0 Å². The summed E-state index contributed by atoms with van der Waals surface area (Å²) >= 11 is 0. The van der Waals surface area contributed by atoms with Crippen molar-refractivity contribution in [3.05, 3.63) is 36.5 Å². The molecule has 27 heavy (non-hydrogen) atoms. The SMILES string of the molecule is N#CC1(CCCN2CCN(c3ccnc4ccccc34)CC2)CCOCC1. The molecule has 2 aliphatic rings. The van der Waals surface area contributed by atoms with Crippen LogP contribution in [0.5, 0.6) is 0 Å². The number of hydrogen-bond acceptors (Lipinski definition) is 5. The normalized spacial score (nSPS) is 20.5.